The molecular weight excluding hydrogens is 192 g/mol. The number of thiophene rings is 1. The summed E-state index contributed by atoms with van der Waals surface area (Å²) in [5, 5.41) is 10.4. The Morgan fingerprint density at radius 1 is 1.83 bits per heavy atom. The maximum absolute atomic E-state index is 10.5. The van der Waals surface area contributed by atoms with Gasteiger partial charge in [0.2, 0.25) is 0 Å². The second-order valence-corrected chi connectivity index (χ2v) is 4.06. The molecule has 64 valence electrons. The summed E-state index contributed by atoms with van der Waals surface area (Å²) in [5.74, 6) is -0.0408. The third-order valence-electron chi connectivity index (χ3n) is 1.15. The van der Waals surface area contributed by atoms with E-state index in [1.807, 2.05) is 5.38 Å². The van der Waals surface area contributed by atoms with Gasteiger partial charge < -0.3 is 5.11 Å². The van der Waals surface area contributed by atoms with Gasteiger partial charge in [-0.2, -0.15) is 0 Å². The molecule has 0 aromatic carbocycles. The Kier molecular flexibility index (Phi) is 3.37. The summed E-state index contributed by atoms with van der Waals surface area (Å²) in [7, 11) is 0. The fourth-order valence-electron chi connectivity index (χ4n) is 0.662. The molecule has 1 rings (SSSR count). The minimum absolute atomic E-state index is 0.390. The second-order valence-electron chi connectivity index (χ2n) is 2.05. The SMILES string of the molecule is C=CCSc1csc(C(=O)O)c1. The van der Waals surface area contributed by atoms with Crippen LogP contribution in [0.5, 0.6) is 0 Å². The van der Waals surface area contributed by atoms with Crippen LogP contribution in [-0.2, 0) is 0 Å². The molecule has 0 saturated heterocycles. The Bertz CT molecular complexity index is 291. The first kappa shape index (κ1) is 9.35. The molecule has 0 spiro atoms. The largest absolute Gasteiger partial charge is 0.477 e. The van der Waals surface area contributed by atoms with Crippen LogP contribution in [0, 0.1) is 0 Å². The molecule has 2 nitrogen and oxygen atoms in total. The van der Waals surface area contributed by atoms with Crippen molar-refractivity contribution >= 4 is 29.1 Å². The first-order valence-corrected chi connectivity index (χ1v) is 5.16. The molecule has 0 unspecified atom stereocenters. The van der Waals surface area contributed by atoms with Gasteiger partial charge in [-0.05, 0) is 6.07 Å². The van der Waals surface area contributed by atoms with Crippen LogP contribution in [-0.4, -0.2) is 16.8 Å². The molecular formula is C8H8O2S2. The summed E-state index contributed by atoms with van der Waals surface area (Å²) < 4.78 is 0. The zero-order chi connectivity index (χ0) is 8.97. The molecule has 0 aliphatic carbocycles. The number of carbonyl (C=O) groups is 1. The number of hydrogen-bond acceptors (Lipinski definition) is 3. The van der Waals surface area contributed by atoms with Gasteiger partial charge in [0.1, 0.15) is 4.88 Å². The monoisotopic (exact) mass is 200 g/mol. The summed E-state index contributed by atoms with van der Waals surface area (Å²) in [6, 6.07) is 1.68. The van der Waals surface area contributed by atoms with E-state index in [9.17, 15) is 4.79 Å². The Morgan fingerprint density at radius 3 is 3.08 bits per heavy atom. The van der Waals surface area contributed by atoms with Crippen LogP contribution in [0.4, 0.5) is 0 Å². The predicted octanol–water partition coefficient (Wildman–Crippen LogP) is 2.72. The van der Waals surface area contributed by atoms with E-state index in [4.69, 9.17) is 5.11 Å². The maximum Gasteiger partial charge on any atom is 0.345 e. The van der Waals surface area contributed by atoms with Crippen molar-refractivity contribution in [1.82, 2.24) is 0 Å². The first-order chi connectivity index (χ1) is 5.74. The molecule has 0 radical (unpaired) electrons. The molecule has 0 bridgehead atoms. The lowest BCUT2D eigenvalue weighted by Crippen LogP contribution is -1.89. The van der Waals surface area contributed by atoms with Gasteiger partial charge in [0, 0.05) is 16.0 Å². The average molecular weight is 200 g/mol. The van der Waals surface area contributed by atoms with E-state index in [0.29, 0.717) is 4.88 Å². The zero-order valence-corrected chi connectivity index (χ0v) is 7.95. The van der Waals surface area contributed by atoms with Crippen molar-refractivity contribution in [2.24, 2.45) is 0 Å². The summed E-state index contributed by atoms with van der Waals surface area (Å²) in [4.78, 5) is 11.9. The Labute approximate surface area is 78.9 Å². The highest BCUT2D eigenvalue weighted by Crippen LogP contribution is 2.24. The van der Waals surface area contributed by atoms with E-state index < -0.39 is 5.97 Å². The minimum atomic E-state index is -0.856. The molecule has 0 amide bonds. The third-order valence-corrected chi connectivity index (χ3v) is 3.19. The lowest BCUT2D eigenvalue weighted by molar-refractivity contribution is 0.0702. The van der Waals surface area contributed by atoms with E-state index in [2.05, 4.69) is 6.58 Å². The number of rotatable bonds is 4. The van der Waals surface area contributed by atoms with Gasteiger partial charge in [-0.25, -0.2) is 4.79 Å². The van der Waals surface area contributed by atoms with Gasteiger partial charge in [-0.1, -0.05) is 6.08 Å². The molecule has 0 aliphatic rings. The van der Waals surface area contributed by atoms with Gasteiger partial charge in [0.15, 0.2) is 0 Å². The third kappa shape index (κ3) is 2.39. The summed E-state index contributed by atoms with van der Waals surface area (Å²) in [6.45, 7) is 3.58. The number of aromatic carboxylic acids is 1. The molecule has 0 saturated carbocycles. The topological polar surface area (TPSA) is 37.3 Å². The maximum atomic E-state index is 10.5. The highest BCUT2D eigenvalue weighted by atomic mass is 32.2. The van der Waals surface area contributed by atoms with Crippen molar-refractivity contribution in [3.63, 3.8) is 0 Å². The number of hydrogen-bond donors (Lipinski definition) is 1. The molecule has 1 aromatic rings. The minimum Gasteiger partial charge on any atom is -0.477 e. The molecule has 4 heteroatoms. The second kappa shape index (κ2) is 4.33. The normalized spacial score (nSPS) is 9.67. The fraction of sp³-hybridized carbons (Fsp3) is 0.125. The van der Waals surface area contributed by atoms with E-state index in [1.165, 1.54) is 11.3 Å². The lowest BCUT2D eigenvalue weighted by atomic mass is 10.5. The van der Waals surface area contributed by atoms with Crippen molar-refractivity contribution in [1.29, 1.82) is 0 Å². The summed E-state index contributed by atoms with van der Waals surface area (Å²) in [5.41, 5.74) is 0. The summed E-state index contributed by atoms with van der Waals surface area (Å²) in [6.07, 6.45) is 1.79. The van der Waals surface area contributed by atoms with E-state index in [0.717, 1.165) is 10.6 Å². The van der Waals surface area contributed by atoms with E-state index in [1.54, 1.807) is 23.9 Å². The van der Waals surface area contributed by atoms with Crippen molar-refractivity contribution in [2.45, 2.75) is 4.90 Å². The number of carboxylic acids is 1. The van der Waals surface area contributed by atoms with Gasteiger partial charge in [0.05, 0.1) is 0 Å². The van der Waals surface area contributed by atoms with Crippen LogP contribution in [0.3, 0.4) is 0 Å². The predicted molar refractivity (Wildman–Crippen MR) is 52.2 cm³/mol. The Morgan fingerprint density at radius 2 is 2.58 bits per heavy atom. The summed E-state index contributed by atoms with van der Waals surface area (Å²) >= 11 is 2.84. The molecule has 12 heavy (non-hydrogen) atoms. The van der Waals surface area contributed by atoms with Crippen molar-refractivity contribution in [2.75, 3.05) is 5.75 Å². The number of thioether (sulfide) groups is 1. The van der Waals surface area contributed by atoms with Gasteiger partial charge in [-0.15, -0.1) is 29.7 Å². The first-order valence-electron chi connectivity index (χ1n) is 3.29. The quantitative estimate of drug-likeness (QED) is 0.599. The van der Waals surface area contributed by atoms with E-state index >= 15 is 0 Å². The molecule has 0 atom stereocenters. The van der Waals surface area contributed by atoms with Gasteiger partial charge in [-0.3, -0.25) is 0 Å². The van der Waals surface area contributed by atoms with Crippen LogP contribution >= 0.6 is 23.1 Å². The lowest BCUT2D eigenvalue weighted by Gasteiger charge is -1.89. The van der Waals surface area contributed by atoms with Crippen molar-refractivity contribution < 1.29 is 9.90 Å². The molecule has 1 aromatic heterocycles. The molecule has 0 aliphatic heterocycles. The Hall–Kier alpha value is -0.740. The standard InChI is InChI=1S/C8H8O2S2/c1-2-3-11-6-4-7(8(9)10)12-5-6/h2,4-5H,1,3H2,(H,9,10). The van der Waals surface area contributed by atoms with Crippen molar-refractivity contribution in [3.8, 4) is 0 Å². The zero-order valence-electron chi connectivity index (χ0n) is 6.32. The van der Waals surface area contributed by atoms with E-state index in [-0.39, 0.29) is 0 Å². The average Bonchev–Trinajstić information content (AvgIpc) is 2.48. The van der Waals surface area contributed by atoms with Gasteiger partial charge in [0.25, 0.3) is 0 Å². The van der Waals surface area contributed by atoms with Gasteiger partial charge >= 0.3 is 5.97 Å². The highest BCUT2D eigenvalue weighted by Gasteiger charge is 2.05. The van der Waals surface area contributed by atoms with Crippen molar-refractivity contribution in [3.05, 3.63) is 29.0 Å². The molecule has 1 heterocycles. The highest BCUT2D eigenvalue weighted by molar-refractivity contribution is 7.99. The smallest absolute Gasteiger partial charge is 0.345 e. The Balaban J connectivity index is 2.64. The van der Waals surface area contributed by atoms with Crippen LogP contribution in [0.1, 0.15) is 9.67 Å². The van der Waals surface area contributed by atoms with Crippen LogP contribution in [0.25, 0.3) is 0 Å². The fourth-order valence-corrected chi connectivity index (χ4v) is 2.27. The molecule has 1 N–H and O–H groups in total. The van der Waals surface area contributed by atoms with Crippen LogP contribution < -0.4 is 0 Å². The molecule has 0 fully saturated rings. The number of carboxylic acid groups (broad SMARTS) is 1. The van der Waals surface area contributed by atoms with Crippen LogP contribution in [0.2, 0.25) is 0 Å². The van der Waals surface area contributed by atoms with Crippen LogP contribution in [0.15, 0.2) is 29.0 Å².